The molecule has 7 nitrogen and oxygen atoms in total. The highest BCUT2D eigenvalue weighted by molar-refractivity contribution is 5.92. The number of aromatic amines is 1. The SMILES string of the molecule is CCc1c(-c2ccc(N3C[C@@H]4[C@@H](N)[C@@H]4C3)cc2)[nH]c(=O)c(C(=O)O)c1O. The van der Waals surface area contributed by atoms with Gasteiger partial charge in [-0.2, -0.15) is 0 Å². The largest absolute Gasteiger partial charge is 0.506 e. The monoisotopic (exact) mass is 355 g/mol. The molecule has 0 unspecified atom stereocenters. The predicted octanol–water partition coefficient (Wildman–Crippen LogP) is 1.40. The number of H-pyrrole nitrogens is 1. The first-order valence-corrected chi connectivity index (χ1v) is 8.74. The lowest BCUT2D eigenvalue weighted by Crippen LogP contribution is -2.27. The Hall–Kier alpha value is -2.80. The zero-order chi connectivity index (χ0) is 18.6. The van der Waals surface area contributed by atoms with E-state index in [0.29, 0.717) is 35.6 Å². The molecule has 5 N–H and O–H groups in total. The number of nitrogens with one attached hydrogen (secondary N) is 1. The van der Waals surface area contributed by atoms with E-state index in [2.05, 4.69) is 9.88 Å². The van der Waals surface area contributed by atoms with E-state index in [0.717, 1.165) is 24.3 Å². The molecule has 4 rings (SSSR count). The molecule has 0 radical (unpaired) electrons. The number of fused-ring (bicyclic) bond motifs is 1. The molecule has 0 amide bonds. The highest BCUT2D eigenvalue weighted by Gasteiger charge is 2.53. The second-order valence-corrected chi connectivity index (χ2v) is 7.05. The zero-order valence-electron chi connectivity index (χ0n) is 14.4. The summed E-state index contributed by atoms with van der Waals surface area (Å²) in [4.78, 5) is 28.2. The van der Waals surface area contributed by atoms with Crippen molar-refractivity contribution < 1.29 is 15.0 Å². The molecule has 2 aliphatic rings. The van der Waals surface area contributed by atoms with Crippen molar-refractivity contribution in [3.8, 4) is 17.0 Å². The third kappa shape index (κ3) is 2.47. The van der Waals surface area contributed by atoms with Crippen molar-refractivity contribution in [2.24, 2.45) is 17.6 Å². The van der Waals surface area contributed by atoms with Crippen LogP contribution in [0.2, 0.25) is 0 Å². The van der Waals surface area contributed by atoms with Crippen LogP contribution in [0.5, 0.6) is 5.75 Å². The fourth-order valence-electron chi connectivity index (χ4n) is 4.04. The highest BCUT2D eigenvalue weighted by Crippen LogP contribution is 2.45. The molecule has 1 saturated carbocycles. The zero-order valence-corrected chi connectivity index (χ0v) is 14.4. The molecule has 1 aliphatic carbocycles. The molecule has 7 heteroatoms. The van der Waals surface area contributed by atoms with E-state index in [1.54, 1.807) is 6.92 Å². The summed E-state index contributed by atoms with van der Waals surface area (Å²) in [7, 11) is 0. The van der Waals surface area contributed by atoms with Gasteiger partial charge in [-0.15, -0.1) is 0 Å². The van der Waals surface area contributed by atoms with Gasteiger partial charge < -0.3 is 25.8 Å². The quantitative estimate of drug-likeness (QED) is 0.658. The molecule has 3 atom stereocenters. The first-order chi connectivity index (χ1) is 12.4. The van der Waals surface area contributed by atoms with Gasteiger partial charge >= 0.3 is 5.97 Å². The predicted molar refractivity (Wildman–Crippen MR) is 97.7 cm³/mol. The standard InChI is InChI=1S/C19H21N3O4/c1-2-11-16(21-18(24)14(17(11)23)19(25)26)9-3-5-10(6-4-9)22-7-12-13(8-22)15(12)20/h3-6,12-13,15H,2,7-8,20H2,1H3,(H,25,26)(H2,21,23,24)/t12-,13+,15+. The van der Waals surface area contributed by atoms with E-state index >= 15 is 0 Å². The van der Waals surface area contributed by atoms with Gasteiger partial charge in [0.1, 0.15) is 5.75 Å². The smallest absolute Gasteiger partial charge is 0.345 e. The normalized spacial score (nSPS) is 23.8. The van der Waals surface area contributed by atoms with Gasteiger partial charge in [0.05, 0.1) is 5.69 Å². The van der Waals surface area contributed by atoms with E-state index in [-0.39, 0.29) is 0 Å². The molecule has 2 heterocycles. The van der Waals surface area contributed by atoms with Crippen molar-refractivity contribution in [2.45, 2.75) is 19.4 Å². The first kappa shape index (κ1) is 16.7. The summed E-state index contributed by atoms with van der Waals surface area (Å²) in [5, 5.41) is 19.4. The number of anilines is 1. The Morgan fingerprint density at radius 2 is 1.88 bits per heavy atom. The number of hydrogen-bond donors (Lipinski definition) is 4. The summed E-state index contributed by atoms with van der Waals surface area (Å²) in [6.07, 6.45) is 0.396. The Kier molecular flexibility index (Phi) is 3.77. The fraction of sp³-hybridized carbons (Fsp3) is 0.368. The van der Waals surface area contributed by atoms with Crippen LogP contribution in [-0.2, 0) is 6.42 Å². The summed E-state index contributed by atoms with van der Waals surface area (Å²) in [6, 6.07) is 8.06. The number of benzene rings is 1. The van der Waals surface area contributed by atoms with Crippen molar-refractivity contribution in [2.75, 3.05) is 18.0 Å². The van der Waals surface area contributed by atoms with Gasteiger partial charge in [0.15, 0.2) is 5.56 Å². The minimum atomic E-state index is -1.44. The molecular formula is C19H21N3O4. The Morgan fingerprint density at radius 1 is 1.27 bits per heavy atom. The third-order valence-corrected chi connectivity index (χ3v) is 5.64. The molecule has 1 aromatic carbocycles. The van der Waals surface area contributed by atoms with E-state index in [1.807, 2.05) is 24.3 Å². The Balaban J connectivity index is 1.67. The maximum Gasteiger partial charge on any atom is 0.345 e. The van der Waals surface area contributed by atoms with Gasteiger partial charge in [0.25, 0.3) is 5.56 Å². The number of nitrogens with two attached hydrogens (primary N) is 1. The van der Waals surface area contributed by atoms with E-state index in [1.165, 1.54) is 0 Å². The van der Waals surface area contributed by atoms with Crippen LogP contribution >= 0.6 is 0 Å². The fourth-order valence-corrected chi connectivity index (χ4v) is 4.04. The number of carbonyl (C=O) groups is 1. The van der Waals surface area contributed by atoms with Crippen LogP contribution < -0.4 is 16.2 Å². The lowest BCUT2D eigenvalue weighted by molar-refractivity contribution is 0.0691. The summed E-state index contributed by atoms with van der Waals surface area (Å²) in [5.74, 6) is -0.709. The Labute approximate surface area is 150 Å². The lowest BCUT2D eigenvalue weighted by Gasteiger charge is -2.21. The molecule has 26 heavy (non-hydrogen) atoms. The number of aromatic carboxylic acids is 1. The minimum absolute atomic E-state index is 0.346. The lowest BCUT2D eigenvalue weighted by atomic mass is 10.0. The topological polar surface area (TPSA) is 120 Å². The second kappa shape index (κ2) is 5.88. The van der Waals surface area contributed by atoms with Crippen molar-refractivity contribution >= 4 is 11.7 Å². The summed E-state index contributed by atoms with van der Waals surface area (Å²) < 4.78 is 0. The average Bonchev–Trinajstić information content (AvgIpc) is 3.03. The summed E-state index contributed by atoms with van der Waals surface area (Å²) in [6.45, 7) is 3.74. The van der Waals surface area contributed by atoms with Crippen LogP contribution in [0.25, 0.3) is 11.3 Å². The van der Waals surface area contributed by atoms with Gasteiger partial charge in [-0.1, -0.05) is 19.1 Å². The summed E-state index contributed by atoms with van der Waals surface area (Å²) in [5.41, 5.74) is 7.26. The first-order valence-electron chi connectivity index (χ1n) is 8.74. The van der Waals surface area contributed by atoms with Crippen molar-refractivity contribution in [3.63, 3.8) is 0 Å². The maximum atomic E-state index is 12.1. The highest BCUT2D eigenvalue weighted by atomic mass is 16.4. The van der Waals surface area contributed by atoms with E-state index in [9.17, 15) is 14.7 Å². The Bertz CT molecular complexity index is 923. The van der Waals surface area contributed by atoms with Crippen LogP contribution in [0, 0.1) is 11.8 Å². The number of carboxylic acids is 1. The molecule has 2 aromatic rings. The molecule has 2 fully saturated rings. The van der Waals surface area contributed by atoms with E-state index in [4.69, 9.17) is 10.8 Å². The number of hydrogen-bond acceptors (Lipinski definition) is 5. The minimum Gasteiger partial charge on any atom is -0.506 e. The molecule has 1 aliphatic heterocycles. The number of pyridine rings is 1. The molecule has 1 aromatic heterocycles. The van der Waals surface area contributed by atoms with Gasteiger partial charge in [-0.05, 0) is 36.0 Å². The van der Waals surface area contributed by atoms with Crippen molar-refractivity contribution in [1.82, 2.24) is 4.98 Å². The third-order valence-electron chi connectivity index (χ3n) is 5.64. The van der Waals surface area contributed by atoms with Gasteiger partial charge in [0.2, 0.25) is 0 Å². The Morgan fingerprint density at radius 3 is 2.42 bits per heavy atom. The van der Waals surface area contributed by atoms with Crippen molar-refractivity contribution in [1.29, 1.82) is 0 Å². The molecule has 0 spiro atoms. The second-order valence-electron chi connectivity index (χ2n) is 7.05. The van der Waals surface area contributed by atoms with Crippen molar-refractivity contribution in [3.05, 3.63) is 45.7 Å². The van der Waals surface area contributed by atoms with Gasteiger partial charge in [-0.3, -0.25) is 4.79 Å². The molecular weight excluding hydrogens is 334 g/mol. The van der Waals surface area contributed by atoms with Gasteiger partial charge in [0, 0.05) is 30.4 Å². The van der Waals surface area contributed by atoms with E-state index < -0.39 is 22.8 Å². The maximum absolute atomic E-state index is 12.1. The average molecular weight is 355 g/mol. The number of aromatic nitrogens is 1. The van der Waals surface area contributed by atoms with Crippen LogP contribution in [0.1, 0.15) is 22.8 Å². The van der Waals surface area contributed by atoms with Crippen LogP contribution in [0.15, 0.2) is 29.1 Å². The number of aromatic hydroxyl groups is 1. The van der Waals surface area contributed by atoms with Gasteiger partial charge in [-0.25, -0.2) is 4.79 Å². The molecule has 1 saturated heterocycles. The molecule has 136 valence electrons. The number of nitrogens with zero attached hydrogens (tertiary/aromatic N) is 1. The van der Waals surface area contributed by atoms with Crippen LogP contribution in [0.3, 0.4) is 0 Å². The molecule has 0 bridgehead atoms. The number of carboxylic acid groups (broad SMARTS) is 1. The number of rotatable bonds is 4. The van der Waals surface area contributed by atoms with Crippen LogP contribution in [0.4, 0.5) is 5.69 Å². The van der Waals surface area contributed by atoms with Crippen LogP contribution in [-0.4, -0.2) is 40.3 Å². The summed E-state index contributed by atoms with van der Waals surface area (Å²) >= 11 is 0. The number of piperidine rings is 1.